The van der Waals surface area contributed by atoms with Crippen LogP contribution in [0, 0.1) is 5.92 Å². The molecule has 86 valence electrons. The number of carboxylic acid groups (broad SMARTS) is 1. The van der Waals surface area contributed by atoms with Crippen LogP contribution in [0.25, 0.3) is 5.57 Å². The zero-order valence-electron chi connectivity index (χ0n) is 9.22. The Morgan fingerprint density at radius 2 is 2.50 bits per heavy atom. The van der Waals surface area contributed by atoms with Gasteiger partial charge in [0.25, 0.3) is 0 Å². The number of carbonyl (C=O) groups is 1. The van der Waals surface area contributed by atoms with Crippen molar-refractivity contribution in [1.29, 1.82) is 0 Å². The molecule has 2 rings (SSSR count). The first kappa shape index (κ1) is 11.4. The van der Waals surface area contributed by atoms with Crippen molar-refractivity contribution >= 4 is 22.9 Å². The van der Waals surface area contributed by atoms with Gasteiger partial charge in [-0.2, -0.15) is 0 Å². The molecule has 1 atom stereocenters. The van der Waals surface area contributed by atoms with E-state index in [1.165, 1.54) is 0 Å². The van der Waals surface area contributed by atoms with Gasteiger partial charge in [-0.25, -0.2) is 0 Å². The van der Waals surface area contributed by atoms with Crippen molar-refractivity contribution in [3.63, 3.8) is 0 Å². The molecule has 0 fully saturated rings. The summed E-state index contributed by atoms with van der Waals surface area (Å²) in [7, 11) is 0. The van der Waals surface area contributed by atoms with Crippen molar-refractivity contribution in [1.82, 2.24) is 4.90 Å². The van der Waals surface area contributed by atoms with Crippen LogP contribution in [-0.4, -0.2) is 35.6 Å². The summed E-state index contributed by atoms with van der Waals surface area (Å²) in [5, 5.41) is 11.2. The Morgan fingerprint density at radius 1 is 1.69 bits per heavy atom. The number of thiophene rings is 1. The van der Waals surface area contributed by atoms with Crippen molar-refractivity contribution < 1.29 is 9.90 Å². The molecule has 0 radical (unpaired) electrons. The maximum absolute atomic E-state index is 11.3. The Hall–Kier alpha value is -1.13. The van der Waals surface area contributed by atoms with Gasteiger partial charge in [-0.15, -0.1) is 11.3 Å². The monoisotopic (exact) mass is 237 g/mol. The number of rotatable bonds is 3. The lowest BCUT2D eigenvalue weighted by molar-refractivity contribution is -0.140. The molecule has 0 aromatic carbocycles. The van der Waals surface area contributed by atoms with E-state index in [4.69, 9.17) is 0 Å². The Labute approximate surface area is 99.0 Å². The van der Waals surface area contributed by atoms with Crippen molar-refractivity contribution in [3.8, 4) is 0 Å². The molecule has 0 amide bonds. The second-order valence-corrected chi connectivity index (χ2v) is 4.83. The first-order valence-electron chi connectivity index (χ1n) is 5.41. The third-order valence-corrected chi connectivity index (χ3v) is 3.86. The Bertz CT molecular complexity index is 397. The lowest BCUT2D eigenvalue weighted by Crippen LogP contribution is -2.37. The lowest BCUT2D eigenvalue weighted by atomic mass is 9.93. The van der Waals surface area contributed by atoms with E-state index in [0.717, 1.165) is 23.5 Å². The van der Waals surface area contributed by atoms with Crippen LogP contribution < -0.4 is 0 Å². The van der Waals surface area contributed by atoms with Crippen LogP contribution in [0.1, 0.15) is 11.8 Å². The SMILES string of the molecule is CCN1CC=C(c2cccs2)C(C(=O)O)C1. The van der Waals surface area contributed by atoms with E-state index < -0.39 is 5.97 Å². The van der Waals surface area contributed by atoms with E-state index in [9.17, 15) is 9.90 Å². The zero-order valence-corrected chi connectivity index (χ0v) is 10.0. The van der Waals surface area contributed by atoms with E-state index in [0.29, 0.717) is 6.54 Å². The fourth-order valence-corrected chi connectivity index (χ4v) is 2.81. The van der Waals surface area contributed by atoms with Gasteiger partial charge in [0.15, 0.2) is 0 Å². The number of aliphatic carboxylic acids is 1. The highest BCUT2D eigenvalue weighted by Gasteiger charge is 2.28. The molecular formula is C12H15NO2S. The molecule has 1 aromatic heterocycles. The summed E-state index contributed by atoms with van der Waals surface area (Å²) < 4.78 is 0. The average molecular weight is 237 g/mol. The Balaban J connectivity index is 2.28. The van der Waals surface area contributed by atoms with Crippen LogP contribution >= 0.6 is 11.3 Å². The normalized spacial score (nSPS) is 21.8. The second-order valence-electron chi connectivity index (χ2n) is 3.88. The minimum absolute atomic E-state index is 0.382. The topological polar surface area (TPSA) is 40.5 Å². The zero-order chi connectivity index (χ0) is 11.5. The second kappa shape index (κ2) is 4.80. The molecule has 1 unspecified atom stereocenters. The summed E-state index contributed by atoms with van der Waals surface area (Å²) in [6.07, 6.45) is 2.05. The van der Waals surface area contributed by atoms with Crippen LogP contribution in [0.4, 0.5) is 0 Å². The summed E-state index contributed by atoms with van der Waals surface area (Å²) in [6, 6.07) is 3.96. The molecule has 0 spiro atoms. The van der Waals surface area contributed by atoms with E-state index in [-0.39, 0.29) is 5.92 Å². The number of hydrogen-bond acceptors (Lipinski definition) is 3. The van der Waals surface area contributed by atoms with Crippen LogP contribution in [0.15, 0.2) is 23.6 Å². The minimum Gasteiger partial charge on any atom is -0.481 e. The van der Waals surface area contributed by atoms with Crippen molar-refractivity contribution in [2.45, 2.75) is 6.92 Å². The smallest absolute Gasteiger partial charge is 0.312 e. The van der Waals surface area contributed by atoms with Crippen molar-refractivity contribution in [3.05, 3.63) is 28.5 Å². The van der Waals surface area contributed by atoms with Crippen molar-refractivity contribution in [2.75, 3.05) is 19.6 Å². The summed E-state index contributed by atoms with van der Waals surface area (Å²) >= 11 is 1.61. The summed E-state index contributed by atoms with van der Waals surface area (Å²) in [5.74, 6) is -1.11. The van der Waals surface area contributed by atoms with Crippen LogP contribution in [-0.2, 0) is 4.79 Å². The maximum atomic E-state index is 11.3. The largest absolute Gasteiger partial charge is 0.481 e. The van der Waals surface area contributed by atoms with Gasteiger partial charge in [-0.05, 0) is 23.6 Å². The molecule has 0 bridgehead atoms. The predicted octanol–water partition coefficient (Wildman–Crippen LogP) is 2.17. The van der Waals surface area contributed by atoms with Crippen LogP contribution in [0.3, 0.4) is 0 Å². The molecule has 3 nitrogen and oxygen atoms in total. The molecule has 0 aliphatic carbocycles. The third-order valence-electron chi connectivity index (χ3n) is 2.94. The van der Waals surface area contributed by atoms with Gasteiger partial charge in [0.1, 0.15) is 0 Å². The Kier molecular flexibility index (Phi) is 3.41. The predicted molar refractivity (Wildman–Crippen MR) is 65.5 cm³/mol. The molecule has 1 aliphatic heterocycles. The average Bonchev–Trinajstić information content (AvgIpc) is 2.81. The molecule has 0 saturated carbocycles. The highest BCUT2D eigenvalue weighted by atomic mass is 32.1. The fourth-order valence-electron chi connectivity index (χ4n) is 1.99. The summed E-state index contributed by atoms with van der Waals surface area (Å²) in [5.41, 5.74) is 0.979. The molecule has 16 heavy (non-hydrogen) atoms. The standard InChI is InChI=1S/C12H15NO2S/c1-2-13-6-5-9(10(8-13)12(14)15)11-4-3-7-16-11/h3-5,7,10H,2,6,8H2,1H3,(H,14,15). The fraction of sp³-hybridized carbons (Fsp3) is 0.417. The summed E-state index contributed by atoms with van der Waals surface area (Å²) in [6.45, 7) is 4.43. The van der Waals surface area contributed by atoms with Gasteiger partial charge < -0.3 is 5.11 Å². The highest BCUT2D eigenvalue weighted by Crippen LogP contribution is 2.30. The Morgan fingerprint density at radius 3 is 3.06 bits per heavy atom. The van der Waals surface area contributed by atoms with E-state index in [2.05, 4.69) is 17.9 Å². The van der Waals surface area contributed by atoms with Gasteiger partial charge in [0, 0.05) is 18.0 Å². The number of likely N-dealkylation sites (N-methyl/N-ethyl adjacent to an activating group) is 1. The van der Waals surface area contributed by atoms with E-state index in [1.807, 2.05) is 17.5 Å². The molecule has 1 aliphatic rings. The number of carboxylic acids is 1. The van der Waals surface area contributed by atoms with Gasteiger partial charge in [0.05, 0.1) is 5.92 Å². The minimum atomic E-state index is -0.724. The maximum Gasteiger partial charge on any atom is 0.312 e. The quantitative estimate of drug-likeness (QED) is 0.876. The van der Waals surface area contributed by atoms with Crippen LogP contribution in [0.5, 0.6) is 0 Å². The first-order chi connectivity index (χ1) is 7.72. The van der Waals surface area contributed by atoms with Gasteiger partial charge in [0.2, 0.25) is 0 Å². The number of nitrogens with zero attached hydrogens (tertiary/aromatic N) is 1. The number of hydrogen-bond donors (Lipinski definition) is 1. The summed E-state index contributed by atoms with van der Waals surface area (Å²) in [4.78, 5) is 14.5. The third kappa shape index (κ3) is 2.18. The van der Waals surface area contributed by atoms with Crippen LogP contribution in [0.2, 0.25) is 0 Å². The molecule has 4 heteroatoms. The lowest BCUT2D eigenvalue weighted by Gasteiger charge is -2.29. The molecule has 0 saturated heterocycles. The highest BCUT2D eigenvalue weighted by molar-refractivity contribution is 7.11. The molecule has 2 heterocycles. The van der Waals surface area contributed by atoms with Gasteiger partial charge in [-0.1, -0.05) is 19.1 Å². The first-order valence-corrected chi connectivity index (χ1v) is 6.29. The van der Waals surface area contributed by atoms with E-state index >= 15 is 0 Å². The van der Waals surface area contributed by atoms with Crippen molar-refractivity contribution in [2.24, 2.45) is 5.92 Å². The molecule has 1 N–H and O–H groups in total. The molecule has 1 aromatic rings. The van der Waals surface area contributed by atoms with E-state index in [1.54, 1.807) is 11.3 Å². The van der Waals surface area contributed by atoms with Gasteiger partial charge in [-0.3, -0.25) is 9.69 Å². The van der Waals surface area contributed by atoms with Gasteiger partial charge >= 0.3 is 5.97 Å². The molecular weight excluding hydrogens is 222 g/mol.